The van der Waals surface area contributed by atoms with Crippen LogP contribution in [0, 0.1) is 17.2 Å². The third-order valence-electron chi connectivity index (χ3n) is 6.00. The number of pyridine rings is 1. The zero-order chi connectivity index (χ0) is 26.1. The summed E-state index contributed by atoms with van der Waals surface area (Å²) in [6, 6.07) is 3.72. The van der Waals surface area contributed by atoms with E-state index in [2.05, 4.69) is 15.7 Å². The molecule has 2 amide bonds. The molecule has 2 fully saturated rings. The van der Waals surface area contributed by atoms with Crippen LogP contribution in [0.2, 0.25) is 0 Å². The first-order valence-corrected chi connectivity index (χ1v) is 11.5. The summed E-state index contributed by atoms with van der Waals surface area (Å²) >= 11 is 0. The third kappa shape index (κ3) is 7.50. The number of carbonyl (C=O) groups excluding carboxylic acids is 2. The van der Waals surface area contributed by atoms with E-state index in [9.17, 15) is 22.8 Å². The fourth-order valence-electron chi connectivity index (χ4n) is 4.17. The van der Waals surface area contributed by atoms with E-state index in [-0.39, 0.29) is 38.7 Å². The van der Waals surface area contributed by atoms with Crippen molar-refractivity contribution in [2.45, 2.75) is 24.7 Å². The number of methoxy groups -OCH3 is 1. The Morgan fingerprint density at radius 2 is 2.06 bits per heavy atom. The number of carbonyl (C=O) groups is 2. The van der Waals surface area contributed by atoms with Gasteiger partial charge >= 0.3 is 6.18 Å². The van der Waals surface area contributed by atoms with Crippen molar-refractivity contribution >= 4 is 17.6 Å². The van der Waals surface area contributed by atoms with Crippen LogP contribution in [0.1, 0.15) is 12.0 Å². The summed E-state index contributed by atoms with van der Waals surface area (Å²) in [5, 5.41) is 11.7. The Morgan fingerprint density at radius 3 is 2.67 bits per heavy atom. The van der Waals surface area contributed by atoms with Crippen molar-refractivity contribution in [3.63, 3.8) is 0 Å². The molecular weight excluding hydrogens is 483 g/mol. The third-order valence-corrected chi connectivity index (χ3v) is 6.00. The van der Waals surface area contributed by atoms with Crippen LogP contribution in [0.4, 0.5) is 19.0 Å². The van der Waals surface area contributed by atoms with Gasteiger partial charge in [0.1, 0.15) is 11.9 Å². The Hall–Kier alpha value is -2.99. The maximum atomic E-state index is 13.4. The first-order valence-electron chi connectivity index (χ1n) is 11.5. The van der Waals surface area contributed by atoms with Crippen LogP contribution in [0.3, 0.4) is 0 Å². The predicted molar refractivity (Wildman–Crippen MR) is 121 cm³/mol. The number of nitrogens with one attached hydrogen (secondary N) is 3. The largest absolute Gasteiger partial charge is 0.402 e. The molecule has 0 bridgehead atoms. The number of hydrogen-bond donors (Lipinski definition) is 3. The molecule has 11 nitrogen and oxygen atoms in total. The molecule has 3 heterocycles. The van der Waals surface area contributed by atoms with E-state index < -0.39 is 30.1 Å². The average molecular weight is 514 g/mol. The molecule has 3 rings (SSSR count). The number of anilines is 1. The van der Waals surface area contributed by atoms with Gasteiger partial charge in [0.15, 0.2) is 5.92 Å². The number of halogens is 3. The Labute approximate surface area is 206 Å². The van der Waals surface area contributed by atoms with Crippen molar-refractivity contribution in [2.75, 3.05) is 64.6 Å². The molecule has 1 aromatic heterocycles. The first kappa shape index (κ1) is 27.6. The van der Waals surface area contributed by atoms with Crippen LogP contribution >= 0.6 is 0 Å². The van der Waals surface area contributed by atoms with Gasteiger partial charge in [0.05, 0.1) is 37.8 Å². The molecule has 2 unspecified atom stereocenters. The van der Waals surface area contributed by atoms with Gasteiger partial charge in [-0.1, -0.05) is 0 Å². The number of ether oxygens (including phenoxy) is 2. The van der Waals surface area contributed by atoms with Crippen molar-refractivity contribution in [1.82, 2.24) is 26.1 Å². The number of nitrogens with zero attached hydrogens (tertiary/aromatic N) is 4. The van der Waals surface area contributed by atoms with Crippen molar-refractivity contribution in [3.05, 3.63) is 23.9 Å². The number of amides is 2. The molecule has 14 heteroatoms. The predicted octanol–water partition coefficient (Wildman–Crippen LogP) is -0.205. The Balaban J connectivity index is 1.41. The summed E-state index contributed by atoms with van der Waals surface area (Å²) in [4.78, 5) is 32.4. The smallest absolute Gasteiger partial charge is 0.383 e. The highest BCUT2D eigenvalue weighted by atomic mass is 19.4. The number of nitriles is 1. The highest BCUT2D eigenvalue weighted by Crippen LogP contribution is 2.30. The molecule has 1 aromatic rings. The highest BCUT2D eigenvalue weighted by Gasteiger charge is 2.51. The van der Waals surface area contributed by atoms with Crippen LogP contribution < -0.4 is 21.1 Å². The van der Waals surface area contributed by atoms with Crippen molar-refractivity contribution in [1.29, 1.82) is 5.26 Å². The molecule has 2 aliphatic heterocycles. The fourth-order valence-corrected chi connectivity index (χ4v) is 4.17. The molecule has 198 valence electrons. The summed E-state index contributed by atoms with van der Waals surface area (Å²) < 4.78 is 50.7. The molecule has 0 aliphatic carbocycles. The Bertz CT molecular complexity index is 918. The van der Waals surface area contributed by atoms with Crippen molar-refractivity contribution in [3.8, 4) is 6.07 Å². The summed E-state index contributed by atoms with van der Waals surface area (Å²) in [6.45, 7) is 2.32. The lowest BCUT2D eigenvalue weighted by Gasteiger charge is -2.36. The van der Waals surface area contributed by atoms with Gasteiger partial charge in [-0.05, 0) is 12.1 Å². The molecule has 3 N–H and O–H groups in total. The minimum atomic E-state index is -4.70. The van der Waals surface area contributed by atoms with E-state index in [0.29, 0.717) is 31.7 Å². The van der Waals surface area contributed by atoms with Crippen LogP contribution in [0.25, 0.3) is 0 Å². The lowest BCUT2D eigenvalue weighted by molar-refractivity contribution is -0.193. The molecule has 0 aromatic carbocycles. The maximum absolute atomic E-state index is 13.4. The normalized spacial score (nSPS) is 21.6. The van der Waals surface area contributed by atoms with E-state index in [1.54, 1.807) is 17.0 Å². The quantitative estimate of drug-likeness (QED) is 0.364. The van der Waals surface area contributed by atoms with Crippen molar-refractivity contribution < 1.29 is 32.2 Å². The molecule has 0 radical (unpaired) electrons. The molecule has 0 saturated carbocycles. The minimum Gasteiger partial charge on any atom is -0.383 e. The van der Waals surface area contributed by atoms with Gasteiger partial charge in [-0.15, -0.1) is 0 Å². The van der Waals surface area contributed by atoms with Gasteiger partial charge in [-0.2, -0.15) is 18.4 Å². The van der Waals surface area contributed by atoms with E-state index in [1.807, 2.05) is 16.4 Å². The summed E-state index contributed by atoms with van der Waals surface area (Å²) in [5.74, 6) is -2.68. The first-order chi connectivity index (χ1) is 17.2. The van der Waals surface area contributed by atoms with Crippen LogP contribution in [0.15, 0.2) is 18.3 Å². The topological polar surface area (TPSA) is 132 Å². The Morgan fingerprint density at radius 1 is 1.31 bits per heavy atom. The van der Waals surface area contributed by atoms with Crippen LogP contribution in [0.5, 0.6) is 0 Å². The van der Waals surface area contributed by atoms with Crippen LogP contribution in [-0.4, -0.2) is 99.6 Å². The van der Waals surface area contributed by atoms with E-state index >= 15 is 0 Å². The van der Waals surface area contributed by atoms with Gasteiger partial charge < -0.3 is 24.6 Å². The van der Waals surface area contributed by atoms with E-state index in [4.69, 9.17) is 14.7 Å². The molecule has 3 atom stereocenters. The minimum absolute atomic E-state index is 0.0158. The molecule has 0 spiro atoms. The lowest BCUT2D eigenvalue weighted by Crippen LogP contribution is -2.65. The monoisotopic (exact) mass is 513 g/mol. The van der Waals surface area contributed by atoms with E-state index in [0.717, 1.165) is 5.82 Å². The second-order valence-corrected chi connectivity index (χ2v) is 8.52. The number of hydrazine groups is 1. The van der Waals surface area contributed by atoms with Gasteiger partial charge in [0.2, 0.25) is 11.8 Å². The Kier molecular flexibility index (Phi) is 9.82. The van der Waals surface area contributed by atoms with Crippen LogP contribution in [-0.2, 0) is 19.1 Å². The SMILES string of the molecule is COC[C@H](COCCC(=O)N1CCN(c2ccc(C#N)cn2)CC1)NC1CNNC(=O)C1C(F)(F)F. The number of aromatic nitrogens is 1. The van der Waals surface area contributed by atoms with Gasteiger partial charge in [0, 0.05) is 52.1 Å². The zero-order valence-electron chi connectivity index (χ0n) is 19.9. The number of hydrogen-bond acceptors (Lipinski definition) is 9. The van der Waals surface area contributed by atoms with E-state index in [1.165, 1.54) is 13.3 Å². The summed E-state index contributed by atoms with van der Waals surface area (Å²) in [7, 11) is 1.42. The number of alkyl halides is 3. The standard InChI is InChI=1S/C22H30F3N7O4/c1-35-13-16(29-17-12-28-30-21(34)20(17)22(23,24)25)14-36-9-4-19(33)32-7-5-31(6-8-32)18-3-2-15(10-26)11-27-18/h2-3,11,16-17,20,28-29H,4-9,12-14H2,1H3,(H,30,34)/t16-,17?,20?/m1/s1. The summed E-state index contributed by atoms with van der Waals surface area (Å²) in [6.07, 6.45) is -3.05. The number of rotatable bonds is 10. The zero-order valence-corrected chi connectivity index (χ0v) is 19.9. The average Bonchev–Trinajstić information content (AvgIpc) is 2.86. The molecular formula is C22H30F3N7O4. The second kappa shape index (κ2) is 12.8. The van der Waals surface area contributed by atoms with Crippen molar-refractivity contribution in [2.24, 2.45) is 5.92 Å². The maximum Gasteiger partial charge on any atom is 0.402 e. The fraction of sp³-hybridized carbons (Fsp3) is 0.636. The number of piperazine rings is 1. The highest BCUT2D eigenvalue weighted by molar-refractivity contribution is 5.80. The molecule has 2 saturated heterocycles. The molecule has 36 heavy (non-hydrogen) atoms. The second-order valence-electron chi connectivity index (χ2n) is 8.52. The van der Waals surface area contributed by atoms with Gasteiger partial charge in [0.25, 0.3) is 0 Å². The van der Waals surface area contributed by atoms with Gasteiger partial charge in [-0.25, -0.2) is 10.4 Å². The molecule has 2 aliphatic rings. The van der Waals surface area contributed by atoms with Gasteiger partial charge in [-0.3, -0.25) is 15.0 Å². The summed E-state index contributed by atoms with van der Waals surface area (Å²) in [5.41, 5.74) is 4.95. The lowest BCUT2D eigenvalue weighted by atomic mass is 9.96.